The Kier molecular flexibility index (Phi) is 3.83. The Morgan fingerprint density at radius 1 is 1.13 bits per heavy atom. The number of hydrogen-bond donors (Lipinski definition) is 2. The zero-order valence-electron chi connectivity index (χ0n) is 11.1. The zero-order valence-corrected chi connectivity index (χ0v) is 13.4. The molecule has 0 bridgehead atoms. The van der Waals surface area contributed by atoms with E-state index in [4.69, 9.17) is 27.6 Å². The number of hydrogen-bond acceptors (Lipinski definition) is 4. The fourth-order valence-electron chi connectivity index (χ4n) is 1.93. The van der Waals surface area contributed by atoms with Crippen molar-refractivity contribution in [2.75, 3.05) is 4.72 Å². The van der Waals surface area contributed by atoms with Crippen LogP contribution < -0.4 is 10.5 Å². The number of sulfonamides is 1. The van der Waals surface area contributed by atoms with Crippen LogP contribution in [0.1, 0.15) is 0 Å². The van der Waals surface area contributed by atoms with E-state index in [0.29, 0.717) is 0 Å². The van der Waals surface area contributed by atoms with Gasteiger partial charge in [-0.15, -0.1) is 0 Å². The molecule has 23 heavy (non-hydrogen) atoms. The van der Waals surface area contributed by atoms with Crippen LogP contribution in [0, 0.1) is 5.82 Å². The Bertz CT molecular complexity index is 1080. The second-order valence-electron chi connectivity index (χ2n) is 4.53. The summed E-state index contributed by atoms with van der Waals surface area (Å²) >= 11 is 11.6. The van der Waals surface area contributed by atoms with Gasteiger partial charge in [-0.3, -0.25) is 9.71 Å². The van der Waals surface area contributed by atoms with Gasteiger partial charge in [0.25, 0.3) is 10.0 Å². The molecule has 0 aliphatic heterocycles. The van der Waals surface area contributed by atoms with Crippen molar-refractivity contribution in [3.05, 3.63) is 56.7 Å². The van der Waals surface area contributed by atoms with Crippen LogP contribution in [0.25, 0.3) is 11.1 Å². The third-order valence-corrected chi connectivity index (χ3v) is 5.07. The Labute approximate surface area is 138 Å². The Balaban J connectivity index is 2.06. The second kappa shape index (κ2) is 5.55. The molecule has 0 radical (unpaired) electrons. The first kappa shape index (κ1) is 15.9. The number of halogens is 3. The van der Waals surface area contributed by atoms with Gasteiger partial charge in [-0.2, -0.15) is 0 Å². The van der Waals surface area contributed by atoms with Gasteiger partial charge in [0.15, 0.2) is 5.58 Å². The molecule has 2 aromatic carbocycles. The van der Waals surface area contributed by atoms with E-state index in [9.17, 15) is 17.6 Å². The van der Waals surface area contributed by atoms with Crippen LogP contribution in [0.15, 0.2) is 44.4 Å². The average Bonchev–Trinajstić information content (AvgIpc) is 2.80. The summed E-state index contributed by atoms with van der Waals surface area (Å²) in [5.41, 5.74) is 0.365. The lowest BCUT2D eigenvalue weighted by Gasteiger charge is -2.10. The summed E-state index contributed by atoms with van der Waals surface area (Å²) in [7, 11) is -4.09. The summed E-state index contributed by atoms with van der Waals surface area (Å²) in [5.74, 6) is -1.41. The summed E-state index contributed by atoms with van der Waals surface area (Å²) in [6, 6.07) is 5.73. The highest BCUT2D eigenvalue weighted by atomic mass is 35.5. The number of benzene rings is 2. The van der Waals surface area contributed by atoms with Crippen LogP contribution in [0.2, 0.25) is 10.0 Å². The van der Waals surface area contributed by atoms with Crippen LogP contribution >= 0.6 is 23.2 Å². The van der Waals surface area contributed by atoms with E-state index in [1.54, 1.807) is 0 Å². The third kappa shape index (κ3) is 3.05. The monoisotopic (exact) mass is 376 g/mol. The Hall–Kier alpha value is -2.03. The molecule has 0 unspecified atom stereocenters. The van der Waals surface area contributed by atoms with Crippen LogP contribution in [0.3, 0.4) is 0 Å². The van der Waals surface area contributed by atoms with E-state index in [1.807, 2.05) is 0 Å². The standard InChI is InChI=1S/C13H7Cl2FN2O4S/c14-7-3-6(1-2-9(7)16)18-23(20,21)12-5-11-10(4-8(12)15)17-13(19)22-11/h1-5,18H,(H,17,19). The van der Waals surface area contributed by atoms with E-state index >= 15 is 0 Å². The first-order valence-corrected chi connectivity index (χ1v) is 8.30. The number of aromatic amines is 1. The van der Waals surface area contributed by atoms with Crippen LogP contribution in [0.5, 0.6) is 0 Å². The maximum absolute atomic E-state index is 13.1. The van der Waals surface area contributed by atoms with E-state index < -0.39 is 21.6 Å². The molecule has 3 aromatic rings. The molecule has 6 nitrogen and oxygen atoms in total. The largest absolute Gasteiger partial charge is 0.417 e. The molecule has 1 aromatic heterocycles. The summed E-state index contributed by atoms with van der Waals surface area (Å²) in [6.07, 6.45) is 0. The van der Waals surface area contributed by atoms with Gasteiger partial charge in [0.2, 0.25) is 0 Å². The van der Waals surface area contributed by atoms with Crippen LogP contribution in [-0.4, -0.2) is 13.4 Å². The lowest BCUT2D eigenvalue weighted by atomic mass is 10.3. The van der Waals surface area contributed by atoms with E-state index in [2.05, 4.69) is 9.71 Å². The summed E-state index contributed by atoms with van der Waals surface area (Å²) in [6.45, 7) is 0. The van der Waals surface area contributed by atoms with Gasteiger partial charge in [0, 0.05) is 6.07 Å². The number of fused-ring (bicyclic) bond motifs is 1. The maximum Gasteiger partial charge on any atom is 0.417 e. The number of aromatic nitrogens is 1. The molecule has 0 fully saturated rings. The smallest absolute Gasteiger partial charge is 0.408 e. The molecule has 0 saturated heterocycles. The highest BCUT2D eigenvalue weighted by molar-refractivity contribution is 7.92. The first-order valence-electron chi connectivity index (χ1n) is 6.06. The molecule has 0 saturated carbocycles. The number of anilines is 1. The molecular weight excluding hydrogens is 370 g/mol. The molecular formula is C13H7Cl2FN2O4S. The van der Waals surface area contributed by atoms with E-state index in [-0.39, 0.29) is 31.7 Å². The van der Waals surface area contributed by atoms with Crippen LogP contribution in [0.4, 0.5) is 10.1 Å². The van der Waals surface area contributed by atoms with Crippen molar-refractivity contribution < 1.29 is 17.2 Å². The van der Waals surface area contributed by atoms with Gasteiger partial charge in [-0.25, -0.2) is 17.6 Å². The molecule has 0 aliphatic carbocycles. The van der Waals surface area contributed by atoms with Gasteiger partial charge in [-0.1, -0.05) is 23.2 Å². The molecule has 0 spiro atoms. The van der Waals surface area contributed by atoms with Crippen LogP contribution in [-0.2, 0) is 10.0 Å². The molecule has 0 atom stereocenters. The first-order chi connectivity index (χ1) is 10.8. The van der Waals surface area contributed by atoms with Crippen molar-refractivity contribution in [1.82, 2.24) is 4.98 Å². The second-order valence-corrected chi connectivity index (χ2v) is 6.99. The predicted octanol–water partition coefficient (Wildman–Crippen LogP) is 3.37. The summed E-state index contributed by atoms with van der Waals surface area (Å²) in [5, 5.41) is -0.348. The summed E-state index contributed by atoms with van der Waals surface area (Å²) in [4.78, 5) is 13.2. The molecule has 1 heterocycles. The Morgan fingerprint density at radius 2 is 1.87 bits per heavy atom. The fourth-order valence-corrected chi connectivity index (χ4v) is 3.70. The number of H-pyrrole nitrogens is 1. The van der Waals surface area contributed by atoms with Gasteiger partial charge in [0.05, 0.1) is 21.2 Å². The van der Waals surface area contributed by atoms with Crippen molar-refractivity contribution in [3.63, 3.8) is 0 Å². The third-order valence-electron chi connectivity index (χ3n) is 2.93. The molecule has 0 aliphatic rings. The molecule has 2 N–H and O–H groups in total. The van der Waals surface area contributed by atoms with Crippen molar-refractivity contribution in [1.29, 1.82) is 0 Å². The lowest BCUT2D eigenvalue weighted by Crippen LogP contribution is -2.13. The van der Waals surface area contributed by atoms with E-state index in [1.165, 1.54) is 12.1 Å². The minimum absolute atomic E-state index is 0.0388. The topological polar surface area (TPSA) is 92.2 Å². The van der Waals surface area contributed by atoms with Gasteiger partial charge in [-0.05, 0) is 24.3 Å². The van der Waals surface area contributed by atoms with E-state index in [0.717, 1.165) is 18.2 Å². The molecule has 3 rings (SSSR count). The average molecular weight is 377 g/mol. The predicted molar refractivity (Wildman–Crippen MR) is 84.1 cm³/mol. The number of nitrogens with one attached hydrogen (secondary N) is 2. The van der Waals surface area contributed by atoms with Crippen molar-refractivity contribution in [2.24, 2.45) is 0 Å². The minimum atomic E-state index is -4.09. The molecule has 0 amide bonds. The number of oxazole rings is 1. The Morgan fingerprint density at radius 3 is 2.57 bits per heavy atom. The van der Waals surface area contributed by atoms with Gasteiger partial charge in [0.1, 0.15) is 10.7 Å². The normalized spacial score (nSPS) is 11.8. The van der Waals surface area contributed by atoms with Crippen molar-refractivity contribution >= 4 is 50.0 Å². The quantitative estimate of drug-likeness (QED) is 0.732. The summed E-state index contributed by atoms with van der Waals surface area (Å²) < 4.78 is 45.0. The van der Waals surface area contributed by atoms with Gasteiger partial charge < -0.3 is 4.42 Å². The maximum atomic E-state index is 13.1. The van der Waals surface area contributed by atoms with Crippen molar-refractivity contribution in [3.8, 4) is 0 Å². The van der Waals surface area contributed by atoms with Crippen molar-refractivity contribution in [2.45, 2.75) is 4.90 Å². The van der Waals surface area contributed by atoms with Gasteiger partial charge >= 0.3 is 5.76 Å². The highest BCUT2D eigenvalue weighted by Gasteiger charge is 2.21. The SMILES string of the molecule is O=c1[nH]c2cc(Cl)c(S(=O)(=O)Nc3ccc(F)c(Cl)c3)cc2o1. The highest BCUT2D eigenvalue weighted by Crippen LogP contribution is 2.28. The lowest BCUT2D eigenvalue weighted by molar-refractivity contribution is 0.554. The number of rotatable bonds is 3. The molecule has 10 heteroatoms. The fraction of sp³-hybridized carbons (Fsp3) is 0. The molecule has 120 valence electrons. The zero-order chi connectivity index (χ0) is 16.8. The minimum Gasteiger partial charge on any atom is -0.408 e.